The Balaban J connectivity index is 2.39. The number of aryl methyl sites for hydroxylation is 1. The molecule has 1 N–H and O–H groups in total. The van der Waals surface area contributed by atoms with E-state index >= 15 is 0 Å². The highest BCUT2D eigenvalue weighted by Crippen LogP contribution is 2.21. The molecule has 1 aromatic carbocycles. The number of carbonyl (C=O) groups excluding carboxylic acids is 1. The molecule has 1 rings (SSSR count). The number of ether oxygens (including phenoxy) is 1. The van der Waals surface area contributed by atoms with Gasteiger partial charge in [-0.05, 0) is 31.0 Å². The Kier molecular flexibility index (Phi) is 5.53. The minimum atomic E-state index is -0.230. The summed E-state index contributed by atoms with van der Waals surface area (Å²) in [5, 5.41) is 9.36. The van der Waals surface area contributed by atoms with E-state index in [1.807, 2.05) is 6.92 Å². The fraction of sp³-hybridized carbons (Fsp3) is 0.500. The highest BCUT2D eigenvalue weighted by molar-refractivity contribution is 5.72. The Hall–Kier alpha value is -1.51. The summed E-state index contributed by atoms with van der Waals surface area (Å²) in [4.78, 5) is 11.5. The van der Waals surface area contributed by atoms with Gasteiger partial charge in [-0.2, -0.15) is 0 Å². The van der Waals surface area contributed by atoms with Gasteiger partial charge in [-0.3, -0.25) is 4.79 Å². The number of phenolic OH excluding ortho intramolecular Hbond substituents is 1. The second kappa shape index (κ2) is 6.94. The Morgan fingerprint density at radius 2 is 2.00 bits per heavy atom. The summed E-state index contributed by atoms with van der Waals surface area (Å²) in [7, 11) is 0. The van der Waals surface area contributed by atoms with Crippen LogP contribution in [-0.4, -0.2) is 11.1 Å². The fourth-order valence-corrected chi connectivity index (χ4v) is 1.67. The van der Waals surface area contributed by atoms with E-state index in [9.17, 15) is 9.90 Å². The Bertz CT molecular complexity index is 351. The maximum absolute atomic E-state index is 11.5. The van der Waals surface area contributed by atoms with Crippen LogP contribution in [0.25, 0.3) is 0 Å². The zero-order valence-corrected chi connectivity index (χ0v) is 10.5. The largest absolute Gasteiger partial charge is 0.508 e. The lowest BCUT2D eigenvalue weighted by atomic mass is 10.1. The molecule has 0 aromatic heterocycles. The third-order valence-electron chi connectivity index (χ3n) is 2.50. The van der Waals surface area contributed by atoms with Crippen molar-refractivity contribution in [1.82, 2.24) is 0 Å². The van der Waals surface area contributed by atoms with Gasteiger partial charge >= 0.3 is 5.97 Å². The highest BCUT2D eigenvalue weighted by atomic mass is 16.5. The first-order valence-corrected chi connectivity index (χ1v) is 6.13. The van der Waals surface area contributed by atoms with Gasteiger partial charge in [0.2, 0.25) is 0 Å². The van der Waals surface area contributed by atoms with E-state index < -0.39 is 0 Å². The molecule has 0 radical (unpaired) electrons. The highest BCUT2D eigenvalue weighted by Gasteiger charge is 2.06. The SMILES string of the molecule is CCCCCCC(=O)Oc1cc(C)cc(O)c1. The quantitative estimate of drug-likeness (QED) is 0.466. The molecule has 1 aromatic rings. The number of carbonyl (C=O) groups is 1. The summed E-state index contributed by atoms with van der Waals surface area (Å²) >= 11 is 0. The molecule has 3 heteroatoms. The Morgan fingerprint density at radius 1 is 1.24 bits per heavy atom. The summed E-state index contributed by atoms with van der Waals surface area (Å²) < 4.78 is 5.16. The van der Waals surface area contributed by atoms with E-state index in [4.69, 9.17) is 4.74 Å². The van der Waals surface area contributed by atoms with Crippen LogP contribution in [0.3, 0.4) is 0 Å². The Labute approximate surface area is 102 Å². The molecule has 94 valence electrons. The molecule has 0 saturated heterocycles. The fourth-order valence-electron chi connectivity index (χ4n) is 1.67. The molecule has 0 spiro atoms. The third-order valence-corrected chi connectivity index (χ3v) is 2.50. The average molecular weight is 236 g/mol. The number of unbranched alkanes of at least 4 members (excludes halogenated alkanes) is 3. The van der Waals surface area contributed by atoms with Gasteiger partial charge in [0.1, 0.15) is 11.5 Å². The maximum atomic E-state index is 11.5. The molecule has 3 nitrogen and oxygen atoms in total. The normalized spacial score (nSPS) is 10.2. The summed E-state index contributed by atoms with van der Waals surface area (Å²) in [5.74, 6) is 0.313. The first-order valence-electron chi connectivity index (χ1n) is 6.13. The lowest BCUT2D eigenvalue weighted by Crippen LogP contribution is -2.07. The smallest absolute Gasteiger partial charge is 0.311 e. The molecular weight excluding hydrogens is 216 g/mol. The number of phenols is 1. The third kappa shape index (κ3) is 5.38. The first kappa shape index (κ1) is 13.6. The van der Waals surface area contributed by atoms with E-state index in [0.717, 1.165) is 31.2 Å². The number of aromatic hydroxyl groups is 1. The van der Waals surface area contributed by atoms with Crippen molar-refractivity contribution in [2.75, 3.05) is 0 Å². The molecule has 0 atom stereocenters. The van der Waals surface area contributed by atoms with Gasteiger partial charge in [-0.1, -0.05) is 26.2 Å². The van der Waals surface area contributed by atoms with Crippen LogP contribution in [-0.2, 0) is 4.79 Å². The van der Waals surface area contributed by atoms with E-state index in [1.54, 1.807) is 12.1 Å². The van der Waals surface area contributed by atoms with Crippen molar-refractivity contribution in [1.29, 1.82) is 0 Å². The van der Waals surface area contributed by atoms with Crippen LogP contribution in [0.1, 0.15) is 44.6 Å². The monoisotopic (exact) mass is 236 g/mol. The van der Waals surface area contributed by atoms with Crippen molar-refractivity contribution in [2.45, 2.75) is 46.0 Å². The van der Waals surface area contributed by atoms with Crippen molar-refractivity contribution < 1.29 is 14.6 Å². The number of hydrogen-bond acceptors (Lipinski definition) is 3. The second-order valence-corrected chi connectivity index (χ2v) is 4.29. The number of benzene rings is 1. The molecule has 0 amide bonds. The molecular formula is C14H20O3. The van der Waals surface area contributed by atoms with E-state index in [1.165, 1.54) is 6.07 Å². The molecule has 0 aliphatic carbocycles. The van der Waals surface area contributed by atoms with Gasteiger partial charge in [-0.25, -0.2) is 0 Å². The van der Waals surface area contributed by atoms with Crippen LogP contribution in [0.5, 0.6) is 11.5 Å². The van der Waals surface area contributed by atoms with Crippen molar-refractivity contribution in [3.8, 4) is 11.5 Å². The van der Waals surface area contributed by atoms with Crippen molar-refractivity contribution >= 4 is 5.97 Å². The van der Waals surface area contributed by atoms with Crippen LogP contribution in [0.2, 0.25) is 0 Å². The predicted molar refractivity (Wildman–Crippen MR) is 67.2 cm³/mol. The van der Waals surface area contributed by atoms with Crippen LogP contribution < -0.4 is 4.74 Å². The summed E-state index contributed by atoms with van der Waals surface area (Å²) in [6.07, 6.45) is 4.67. The molecule has 17 heavy (non-hydrogen) atoms. The van der Waals surface area contributed by atoms with Crippen molar-refractivity contribution in [3.63, 3.8) is 0 Å². The van der Waals surface area contributed by atoms with Crippen LogP contribution in [0.4, 0.5) is 0 Å². The standard InChI is InChI=1S/C14H20O3/c1-3-4-5-6-7-14(16)17-13-9-11(2)8-12(15)10-13/h8-10,15H,3-7H2,1-2H3. The van der Waals surface area contributed by atoms with Gasteiger partial charge in [0.25, 0.3) is 0 Å². The zero-order valence-electron chi connectivity index (χ0n) is 10.5. The van der Waals surface area contributed by atoms with Gasteiger partial charge in [0.15, 0.2) is 0 Å². The molecule has 0 aliphatic rings. The maximum Gasteiger partial charge on any atom is 0.311 e. The molecule has 0 fully saturated rings. The molecule has 0 unspecified atom stereocenters. The summed E-state index contributed by atoms with van der Waals surface area (Å²) in [6.45, 7) is 3.98. The van der Waals surface area contributed by atoms with E-state index in [2.05, 4.69) is 6.92 Å². The minimum absolute atomic E-state index is 0.124. The van der Waals surface area contributed by atoms with Crippen LogP contribution >= 0.6 is 0 Å². The first-order chi connectivity index (χ1) is 8.11. The van der Waals surface area contributed by atoms with Crippen molar-refractivity contribution in [3.05, 3.63) is 23.8 Å². The molecule has 0 aliphatic heterocycles. The van der Waals surface area contributed by atoms with Gasteiger partial charge in [0.05, 0.1) is 0 Å². The topological polar surface area (TPSA) is 46.5 Å². The molecule has 0 heterocycles. The van der Waals surface area contributed by atoms with Gasteiger partial charge in [0, 0.05) is 12.5 Å². The lowest BCUT2D eigenvalue weighted by molar-refractivity contribution is -0.134. The zero-order chi connectivity index (χ0) is 12.7. The summed E-state index contributed by atoms with van der Waals surface area (Å²) in [5.41, 5.74) is 0.874. The van der Waals surface area contributed by atoms with E-state index in [0.29, 0.717) is 12.2 Å². The number of esters is 1. The lowest BCUT2D eigenvalue weighted by Gasteiger charge is -2.05. The average Bonchev–Trinajstić information content (AvgIpc) is 2.23. The molecule has 0 saturated carbocycles. The molecule has 0 bridgehead atoms. The van der Waals surface area contributed by atoms with Gasteiger partial charge < -0.3 is 9.84 Å². The van der Waals surface area contributed by atoms with Gasteiger partial charge in [-0.15, -0.1) is 0 Å². The number of rotatable bonds is 6. The van der Waals surface area contributed by atoms with Crippen LogP contribution in [0, 0.1) is 6.92 Å². The minimum Gasteiger partial charge on any atom is -0.508 e. The predicted octanol–water partition coefficient (Wildman–Crippen LogP) is 3.58. The number of hydrogen-bond donors (Lipinski definition) is 1. The second-order valence-electron chi connectivity index (χ2n) is 4.29. The Morgan fingerprint density at radius 3 is 2.65 bits per heavy atom. The van der Waals surface area contributed by atoms with Crippen molar-refractivity contribution in [2.24, 2.45) is 0 Å². The van der Waals surface area contributed by atoms with Crippen LogP contribution in [0.15, 0.2) is 18.2 Å². The van der Waals surface area contributed by atoms with E-state index in [-0.39, 0.29) is 11.7 Å². The summed E-state index contributed by atoms with van der Waals surface area (Å²) in [6, 6.07) is 4.82.